The van der Waals surface area contributed by atoms with Gasteiger partial charge in [-0.15, -0.1) is 0 Å². The van der Waals surface area contributed by atoms with E-state index in [4.69, 9.17) is 17.3 Å². The summed E-state index contributed by atoms with van der Waals surface area (Å²) in [4.78, 5) is 0. The van der Waals surface area contributed by atoms with E-state index >= 15 is 0 Å². The molecule has 0 heterocycles. The lowest BCUT2D eigenvalue weighted by Crippen LogP contribution is -1.89. The van der Waals surface area contributed by atoms with Crippen molar-refractivity contribution >= 4 is 17.3 Å². The van der Waals surface area contributed by atoms with Gasteiger partial charge in [0.05, 0.1) is 5.02 Å². The van der Waals surface area contributed by atoms with Crippen LogP contribution in [0.15, 0.2) is 36.4 Å². The summed E-state index contributed by atoms with van der Waals surface area (Å²) in [5, 5.41) is 0.410. The molecule has 0 spiro atoms. The number of hydrogen-bond donors (Lipinski definition) is 1. The van der Waals surface area contributed by atoms with Crippen LogP contribution in [0.2, 0.25) is 5.02 Å². The van der Waals surface area contributed by atoms with Gasteiger partial charge in [-0.05, 0) is 48.4 Å². The lowest BCUT2D eigenvalue weighted by Gasteiger charge is -2.08. The summed E-state index contributed by atoms with van der Waals surface area (Å²) in [6, 6.07) is 9.96. The predicted octanol–water partition coefficient (Wildman–Crippen LogP) is 4.04. The Bertz CT molecular complexity index is 488. The SMILES string of the molecule is Cc1cc(N)ccc1-c1ccc(F)cc1Cl. The van der Waals surface area contributed by atoms with Crippen LogP contribution >= 0.6 is 11.6 Å². The minimum absolute atomic E-state index is 0.332. The lowest BCUT2D eigenvalue weighted by molar-refractivity contribution is 0.628. The molecule has 0 bridgehead atoms. The number of benzene rings is 2. The number of aryl methyl sites for hydroxylation is 1. The van der Waals surface area contributed by atoms with E-state index in [0.717, 1.165) is 16.7 Å². The van der Waals surface area contributed by atoms with Gasteiger partial charge in [0.25, 0.3) is 0 Å². The predicted molar refractivity (Wildman–Crippen MR) is 66.0 cm³/mol. The third kappa shape index (κ3) is 2.02. The highest BCUT2D eigenvalue weighted by Gasteiger charge is 2.07. The normalized spacial score (nSPS) is 10.4. The molecule has 0 saturated heterocycles. The highest BCUT2D eigenvalue weighted by Crippen LogP contribution is 2.31. The molecule has 2 rings (SSSR count). The second-order valence-corrected chi connectivity index (χ2v) is 4.11. The summed E-state index contributed by atoms with van der Waals surface area (Å²) in [5.41, 5.74) is 9.20. The Labute approximate surface area is 98.7 Å². The van der Waals surface area contributed by atoms with Crippen molar-refractivity contribution in [2.24, 2.45) is 0 Å². The molecule has 0 aromatic heterocycles. The third-order valence-electron chi connectivity index (χ3n) is 2.47. The van der Waals surface area contributed by atoms with Crippen LogP contribution in [0.3, 0.4) is 0 Å². The molecule has 82 valence electrons. The lowest BCUT2D eigenvalue weighted by atomic mass is 10.00. The Kier molecular flexibility index (Phi) is 2.84. The summed E-state index contributed by atoms with van der Waals surface area (Å²) < 4.78 is 12.9. The molecule has 0 fully saturated rings. The zero-order chi connectivity index (χ0) is 11.7. The summed E-state index contributed by atoms with van der Waals surface area (Å²) in [6.45, 7) is 1.95. The summed E-state index contributed by atoms with van der Waals surface area (Å²) in [5.74, 6) is -0.332. The Balaban J connectivity index is 2.59. The van der Waals surface area contributed by atoms with Gasteiger partial charge in [0.1, 0.15) is 5.82 Å². The highest BCUT2D eigenvalue weighted by molar-refractivity contribution is 6.33. The molecule has 0 radical (unpaired) electrons. The highest BCUT2D eigenvalue weighted by atomic mass is 35.5. The third-order valence-corrected chi connectivity index (χ3v) is 2.78. The van der Waals surface area contributed by atoms with Crippen molar-refractivity contribution < 1.29 is 4.39 Å². The summed E-state index contributed by atoms with van der Waals surface area (Å²) >= 11 is 6.00. The molecule has 0 saturated carbocycles. The quantitative estimate of drug-likeness (QED) is 0.742. The van der Waals surface area contributed by atoms with Gasteiger partial charge in [-0.3, -0.25) is 0 Å². The Morgan fingerprint density at radius 2 is 1.75 bits per heavy atom. The molecular formula is C13H11ClFN. The van der Waals surface area contributed by atoms with Crippen molar-refractivity contribution in [1.29, 1.82) is 0 Å². The zero-order valence-corrected chi connectivity index (χ0v) is 9.55. The van der Waals surface area contributed by atoms with Crippen LogP contribution in [-0.4, -0.2) is 0 Å². The van der Waals surface area contributed by atoms with Crippen LogP contribution in [0.4, 0.5) is 10.1 Å². The van der Waals surface area contributed by atoms with Gasteiger partial charge in [-0.2, -0.15) is 0 Å². The summed E-state index contributed by atoms with van der Waals surface area (Å²) in [7, 11) is 0. The molecule has 0 atom stereocenters. The number of nitrogen functional groups attached to an aromatic ring is 1. The minimum atomic E-state index is -0.332. The van der Waals surface area contributed by atoms with Gasteiger partial charge < -0.3 is 5.73 Å². The molecule has 0 aliphatic rings. The van der Waals surface area contributed by atoms with E-state index in [1.807, 2.05) is 25.1 Å². The second-order valence-electron chi connectivity index (χ2n) is 3.70. The van der Waals surface area contributed by atoms with E-state index in [2.05, 4.69) is 0 Å². The number of halogens is 2. The molecule has 16 heavy (non-hydrogen) atoms. The van der Waals surface area contributed by atoms with E-state index in [1.165, 1.54) is 12.1 Å². The average molecular weight is 236 g/mol. The molecule has 0 amide bonds. The van der Waals surface area contributed by atoms with Gasteiger partial charge in [0.2, 0.25) is 0 Å². The maximum Gasteiger partial charge on any atom is 0.124 e. The van der Waals surface area contributed by atoms with Crippen LogP contribution < -0.4 is 5.73 Å². The number of rotatable bonds is 1. The monoisotopic (exact) mass is 235 g/mol. The van der Waals surface area contributed by atoms with Crippen LogP contribution in [0.25, 0.3) is 11.1 Å². The van der Waals surface area contributed by atoms with Gasteiger partial charge in [-0.25, -0.2) is 4.39 Å². The topological polar surface area (TPSA) is 26.0 Å². The van der Waals surface area contributed by atoms with E-state index in [9.17, 15) is 4.39 Å². The van der Waals surface area contributed by atoms with Crippen LogP contribution in [0, 0.1) is 12.7 Å². The average Bonchev–Trinajstić information content (AvgIpc) is 2.19. The molecule has 0 unspecified atom stereocenters. The van der Waals surface area contributed by atoms with Crippen LogP contribution in [-0.2, 0) is 0 Å². The van der Waals surface area contributed by atoms with E-state index in [1.54, 1.807) is 6.07 Å². The van der Waals surface area contributed by atoms with E-state index in [0.29, 0.717) is 10.7 Å². The summed E-state index contributed by atoms with van der Waals surface area (Å²) in [6.07, 6.45) is 0. The Hall–Kier alpha value is -1.54. The van der Waals surface area contributed by atoms with E-state index < -0.39 is 0 Å². The van der Waals surface area contributed by atoms with Crippen molar-refractivity contribution in [3.8, 4) is 11.1 Å². The number of anilines is 1. The molecule has 2 aromatic carbocycles. The van der Waals surface area contributed by atoms with Gasteiger partial charge in [0, 0.05) is 11.3 Å². The first-order valence-electron chi connectivity index (χ1n) is 4.89. The number of nitrogens with two attached hydrogens (primary N) is 1. The van der Waals surface area contributed by atoms with Crippen molar-refractivity contribution in [2.45, 2.75) is 6.92 Å². The molecule has 2 N–H and O–H groups in total. The molecule has 1 nitrogen and oxygen atoms in total. The Morgan fingerprint density at radius 3 is 2.38 bits per heavy atom. The zero-order valence-electron chi connectivity index (χ0n) is 8.80. The fraction of sp³-hybridized carbons (Fsp3) is 0.0769. The fourth-order valence-electron chi connectivity index (χ4n) is 1.70. The molecule has 0 aliphatic heterocycles. The second kappa shape index (κ2) is 4.14. The minimum Gasteiger partial charge on any atom is -0.399 e. The number of hydrogen-bond acceptors (Lipinski definition) is 1. The first kappa shape index (κ1) is 11.0. The fourth-order valence-corrected chi connectivity index (χ4v) is 1.97. The van der Waals surface area contributed by atoms with Gasteiger partial charge in [-0.1, -0.05) is 17.7 Å². The van der Waals surface area contributed by atoms with Crippen molar-refractivity contribution in [2.75, 3.05) is 5.73 Å². The van der Waals surface area contributed by atoms with E-state index in [-0.39, 0.29) is 5.82 Å². The van der Waals surface area contributed by atoms with Gasteiger partial charge in [0.15, 0.2) is 0 Å². The van der Waals surface area contributed by atoms with Crippen molar-refractivity contribution in [3.05, 3.63) is 52.8 Å². The molecule has 3 heteroatoms. The van der Waals surface area contributed by atoms with Gasteiger partial charge >= 0.3 is 0 Å². The van der Waals surface area contributed by atoms with Crippen LogP contribution in [0.1, 0.15) is 5.56 Å². The first-order valence-corrected chi connectivity index (χ1v) is 5.27. The molecular weight excluding hydrogens is 225 g/mol. The molecule has 2 aromatic rings. The molecule has 0 aliphatic carbocycles. The first-order chi connectivity index (χ1) is 7.58. The smallest absolute Gasteiger partial charge is 0.124 e. The standard InChI is InChI=1S/C13H11ClFN/c1-8-6-10(16)3-5-11(8)12-4-2-9(15)7-13(12)14/h2-7H,16H2,1H3. The largest absolute Gasteiger partial charge is 0.399 e. The Morgan fingerprint density at radius 1 is 1.06 bits per heavy atom. The van der Waals surface area contributed by atoms with Crippen molar-refractivity contribution in [3.63, 3.8) is 0 Å². The maximum absolute atomic E-state index is 12.9. The maximum atomic E-state index is 12.9. The van der Waals surface area contributed by atoms with Crippen molar-refractivity contribution in [1.82, 2.24) is 0 Å². The van der Waals surface area contributed by atoms with Crippen LogP contribution in [0.5, 0.6) is 0 Å².